The van der Waals surface area contributed by atoms with Crippen molar-refractivity contribution >= 4 is 21.6 Å². The van der Waals surface area contributed by atoms with Gasteiger partial charge in [0.05, 0.1) is 4.90 Å². The van der Waals surface area contributed by atoms with Crippen LogP contribution in [0.25, 0.3) is 0 Å². The second-order valence-corrected chi connectivity index (χ2v) is 9.47. The Bertz CT molecular complexity index is 1040. The molecule has 0 unspecified atom stereocenters. The summed E-state index contributed by atoms with van der Waals surface area (Å²) in [6.45, 7) is 2.27. The Hall–Kier alpha value is -2.36. The topological polar surface area (TPSA) is 60.9 Å². The summed E-state index contributed by atoms with van der Waals surface area (Å²) in [6, 6.07) is 10.5. The molecule has 2 aliphatic rings. The maximum absolute atomic E-state index is 13.9. The molecular weight excluding hydrogens is 412 g/mol. The molecule has 2 fully saturated rings. The molecule has 2 saturated heterocycles. The van der Waals surface area contributed by atoms with Crippen LogP contribution in [0.3, 0.4) is 0 Å². The molecule has 160 valence electrons. The first kappa shape index (κ1) is 20.9. The Morgan fingerprint density at radius 1 is 0.900 bits per heavy atom. The van der Waals surface area contributed by atoms with E-state index in [9.17, 15) is 22.0 Å². The zero-order chi connectivity index (χ0) is 21.3. The summed E-state index contributed by atoms with van der Waals surface area (Å²) >= 11 is 0. The molecule has 0 atom stereocenters. The molecule has 0 N–H and O–H groups in total. The van der Waals surface area contributed by atoms with Crippen LogP contribution in [-0.4, -0.2) is 56.3 Å². The zero-order valence-corrected chi connectivity index (χ0v) is 17.2. The fourth-order valence-corrected chi connectivity index (χ4v) is 5.33. The standard InChI is InChI=1S/C21H23F2N3O3S/c22-19-4-1-3-16(21(19)23)15-24-11-13-25(14-12-24)30(28,29)18-8-6-17(7-9-18)26-10-2-5-20(26)27/h1,3-4,6-9H,2,5,10-15H2. The molecule has 0 aliphatic carbocycles. The summed E-state index contributed by atoms with van der Waals surface area (Å²) in [7, 11) is -3.66. The van der Waals surface area contributed by atoms with E-state index >= 15 is 0 Å². The summed E-state index contributed by atoms with van der Waals surface area (Å²) in [6.07, 6.45) is 1.33. The normalized spacial score (nSPS) is 18.9. The van der Waals surface area contributed by atoms with Crippen LogP contribution in [0.1, 0.15) is 18.4 Å². The van der Waals surface area contributed by atoms with Crippen LogP contribution >= 0.6 is 0 Å². The SMILES string of the molecule is O=C1CCCN1c1ccc(S(=O)(=O)N2CCN(Cc3cccc(F)c3F)CC2)cc1. The number of anilines is 1. The van der Waals surface area contributed by atoms with Crippen LogP contribution < -0.4 is 4.90 Å². The Morgan fingerprint density at radius 3 is 2.23 bits per heavy atom. The number of rotatable bonds is 5. The van der Waals surface area contributed by atoms with Crippen LogP contribution in [0.2, 0.25) is 0 Å². The number of hydrogen-bond donors (Lipinski definition) is 0. The number of hydrogen-bond acceptors (Lipinski definition) is 4. The van der Waals surface area contributed by atoms with Crippen molar-refractivity contribution in [3.8, 4) is 0 Å². The summed E-state index contributed by atoms with van der Waals surface area (Å²) < 4.78 is 54.6. The molecule has 9 heteroatoms. The summed E-state index contributed by atoms with van der Waals surface area (Å²) in [5, 5.41) is 0. The van der Waals surface area contributed by atoms with E-state index in [4.69, 9.17) is 0 Å². The molecular formula is C21H23F2N3O3S. The lowest BCUT2D eigenvalue weighted by atomic mass is 10.2. The average Bonchev–Trinajstić information content (AvgIpc) is 3.18. The molecule has 0 spiro atoms. The zero-order valence-electron chi connectivity index (χ0n) is 16.4. The minimum atomic E-state index is -3.66. The van der Waals surface area contributed by atoms with Crippen LogP contribution in [0.5, 0.6) is 0 Å². The number of amides is 1. The Kier molecular flexibility index (Phi) is 5.86. The first-order chi connectivity index (χ1) is 14.4. The summed E-state index contributed by atoms with van der Waals surface area (Å²) in [4.78, 5) is 15.6. The molecule has 0 radical (unpaired) electrons. The third-order valence-corrected chi connectivity index (χ3v) is 7.53. The monoisotopic (exact) mass is 435 g/mol. The van der Waals surface area contributed by atoms with Crippen LogP contribution in [0, 0.1) is 11.6 Å². The summed E-state index contributed by atoms with van der Waals surface area (Å²) in [5.41, 5.74) is 0.969. The maximum Gasteiger partial charge on any atom is 0.243 e. The molecule has 2 aromatic carbocycles. The molecule has 30 heavy (non-hydrogen) atoms. The molecule has 0 bridgehead atoms. The quantitative estimate of drug-likeness (QED) is 0.725. The first-order valence-electron chi connectivity index (χ1n) is 9.92. The predicted molar refractivity (Wildman–Crippen MR) is 108 cm³/mol. The van der Waals surface area contributed by atoms with Gasteiger partial charge >= 0.3 is 0 Å². The number of piperazine rings is 1. The average molecular weight is 435 g/mol. The van der Waals surface area contributed by atoms with Gasteiger partial charge in [0.25, 0.3) is 0 Å². The van der Waals surface area contributed by atoms with Crippen LogP contribution in [0.15, 0.2) is 47.4 Å². The number of benzene rings is 2. The Labute approximate surface area is 174 Å². The molecule has 1 amide bonds. The molecule has 2 aliphatic heterocycles. The van der Waals surface area contributed by atoms with Crippen molar-refractivity contribution in [2.24, 2.45) is 0 Å². The fraction of sp³-hybridized carbons (Fsp3) is 0.381. The van der Waals surface area contributed by atoms with Gasteiger partial charge in [-0.2, -0.15) is 4.31 Å². The highest BCUT2D eigenvalue weighted by atomic mass is 32.2. The van der Waals surface area contributed by atoms with Gasteiger partial charge in [-0.15, -0.1) is 0 Å². The number of carbonyl (C=O) groups is 1. The van der Waals surface area contributed by atoms with E-state index in [0.717, 1.165) is 12.5 Å². The highest BCUT2D eigenvalue weighted by Crippen LogP contribution is 2.25. The van der Waals surface area contributed by atoms with E-state index in [-0.39, 0.29) is 36.0 Å². The molecule has 0 saturated carbocycles. The summed E-state index contributed by atoms with van der Waals surface area (Å²) in [5.74, 6) is -1.69. The predicted octanol–water partition coefficient (Wildman–Crippen LogP) is 2.60. The van der Waals surface area contributed by atoms with E-state index in [2.05, 4.69) is 0 Å². The van der Waals surface area contributed by atoms with Crippen molar-refractivity contribution in [2.75, 3.05) is 37.6 Å². The van der Waals surface area contributed by atoms with Gasteiger partial charge in [0.2, 0.25) is 15.9 Å². The lowest BCUT2D eigenvalue weighted by molar-refractivity contribution is -0.117. The van der Waals surface area contributed by atoms with Gasteiger partial charge in [-0.1, -0.05) is 12.1 Å². The maximum atomic E-state index is 13.9. The van der Waals surface area contributed by atoms with Crippen molar-refractivity contribution in [1.29, 1.82) is 0 Å². The minimum absolute atomic E-state index is 0.0523. The number of sulfonamides is 1. The first-order valence-corrected chi connectivity index (χ1v) is 11.4. The van der Waals surface area contributed by atoms with Gasteiger partial charge in [-0.05, 0) is 36.8 Å². The van der Waals surface area contributed by atoms with E-state index in [1.807, 2.05) is 4.90 Å². The van der Waals surface area contributed by atoms with Gasteiger partial charge in [0.15, 0.2) is 11.6 Å². The number of carbonyl (C=O) groups excluding carboxylic acids is 1. The number of nitrogens with zero attached hydrogens (tertiary/aromatic N) is 3. The van der Waals surface area contributed by atoms with Gasteiger partial charge < -0.3 is 4.90 Å². The Balaban J connectivity index is 1.40. The lowest BCUT2D eigenvalue weighted by Gasteiger charge is -2.34. The van der Waals surface area contributed by atoms with Crippen molar-refractivity contribution in [3.05, 3.63) is 59.7 Å². The van der Waals surface area contributed by atoms with E-state index < -0.39 is 21.7 Å². The highest BCUT2D eigenvalue weighted by molar-refractivity contribution is 7.89. The molecule has 2 aromatic rings. The largest absolute Gasteiger partial charge is 0.312 e. The minimum Gasteiger partial charge on any atom is -0.312 e. The molecule has 4 rings (SSSR count). The van der Waals surface area contributed by atoms with Crippen LogP contribution in [0.4, 0.5) is 14.5 Å². The number of halogens is 2. The van der Waals surface area contributed by atoms with Gasteiger partial charge in [-0.3, -0.25) is 9.69 Å². The molecule has 0 aromatic heterocycles. The van der Waals surface area contributed by atoms with Gasteiger partial charge in [-0.25, -0.2) is 17.2 Å². The van der Waals surface area contributed by atoms with Crippen molar-refractivity contribution < 1.29 is 22.0 Å². The Morgan fingerprint density at radius 2 is 1.60 bits per heavy atom. The van der Waals surface area contributed by atoms with E-state index in [1.165, 1.54) is 28.6 Å². The van der Waals surface area contributed by atoms with E-state index in [0.29, 0.717) is 31.7 Å². The molecule has 2 heterocycles. The highest BCUT2D eigenvalue weighted by Gasteiger charge is 2.29. The molecule has 6 nitrogen and oxygen atoms in total. The third kappa shape index (κ3) is 4.10. The van der Waals surface area contributed by atoms with E-state index in [1.54, 1.807) is 17.0 Å². The third-order valence-electron chi connectivity index (χ3n) is 5.62. The van der Waals surface area contributed by atoms with Crippen molar-refractivity contribution in [3.63, 3.8) is 0 Å². The van der Waals surface area contributed by atoms with Crippen molar-refractivity contribution in [1.82, 2.24) is 9.21 Å². The fourth-order valence-electron chi connectivity index (χ4n) is 3.91. The lowest BCUT2D eigenvalue weighted by Crippen LogP contribution is -2.48. The second-order valence-electron chi connectivity index (χ2n) is 7.54. The van der Waals surface area contributed by atoms with Crippen LogP contribution in [-0.2, 0) is 21.4 Å². The second kappa shape index (κ2) is 8.41. The van der Waals surface area contributed by atoms with Gasteiger partial charge in [0.1, 0.15) is 0 Å². The smallest absolute Gasteiger partial charge is 0.243 e. The van der Waals surface area contributed by atoms with Gasteiger partial charge in [0, 0.05) is 56.9 Å². The van der Waals surface area contributed by atoms with Crippen molar-refractivity contribution in [2.45, 2.75) is 24.3 Å².